The zero-order valence-electron chi connectivity index (χ0n) is 10.3. The van der Waals surface area contributed by atoms with Gasteiger partial charge in [-0.3, -0.25) is 0 Å². The van der Waals surface area contributed by atoms with E-state index in [1.807, 2.05) is 20.8 Å². The van der Waals surface area contributed by atoms with E-state index in [1.165, 1.54) is 0 Å². The third kappa shape index (κ3) is 10.3. The molecular formula is C10H22O6. The lowest BCUT2D eigenvalue weighted by atomic mass is 10.9. The Morgan fingerprint density at radius 3 is 1.19 bits per heavy atom. The highest BCUT2D eigenvalue weighted by atomic mass is 16.9. The fourth-order valence-corrected chi connectivity index (χ4v) is 0.705. The summed E-state index contributed by atoms with van der Waals surface area (Å²) in [6.07, 6.45) is 0. The SMILES string of the molecule is CCOCOC(OCOCC)OCOCC. The minimum atomic E-state index is -0.829. The minimum absolute atomic E-state index is 0.111. The molecule has 0 bridgehead atoms. The molecule has 98 valence electrons. The lowest BCUT2D eigenvalue weighted by Gasteiger charge is -2.18. The van der Waals surface area contributed by atoms with Gasteiger partial charge in [0.1, 0.15) is 0 Å². The van der Waals surface area contributed by atoms with Crippen LogP contribution in [0.4, 0.5) is 0 Å². The Hall–Kier alpha value is -0.240. The molecule has 0 aliphatic carbocycles. The molecule has 0 unspecified atom stereocenters. The van der Waals surface area contributed by atoms with Crippen LogP contribution in [0.5, 0.6) is 0 Å². The molecule has 0 saturated heterocycles. The molecule has 0 aromatic heterocycles. The zero-order valence-corrected chi connectivity index (χ0v) is 10.3. The van der Waals surface area contributed by atoms with Gasteiger partial charge in [-0.25, -0.2) is 0 Å². The van der Waals surface area contributed by atoms with Crippen LogP contribution >= 0.6 is 0 Å². The summed E-state index contributed by atoms with van der Waals surface area (Å²) < 4.78 is 30.5. The first-order valence-electron chi connectivity index (χ1n) is 5.43. The van der Waals surface area contributed by atoms with Gasteiger partial charge in [0.15, 0.2) is 20.4 Å². The van der Waals surface area contributed by atoms with Gasteiger partial charge in [-0.15, -0.1) is 0 Å². The smallest absolute Gasteiger partial charge is 0.277 e. The van der Waals surface area contributed by atoms with Crippen molar-refractivity contribution in [3.05, 3.63) is 0 Å². The van der Waals surface area contributed by atoms with Gasteiger partial charge < -0.3 is 28.4 Å². The van der Waals surface area contributed by atoms with Gasteiger partial charge in [0, 0.05) is 19.8 Å². The van der Waals surface area contributed by atoms with Gasteiger partial charge >= 0.3 is 0 Å². The quantitative estimate of drug-likeness (QED) is 0.377. The van der Waals surface area contributed by atoms with Crippen LogP contribution in [-0.4, -0.2) is 46.7 Å². The van der Waals surface area contributed by atoms with E-state index < -0.39 is 6.48 Å². The van der Waals surface area contributed by atoms with E-state index >= 15 is 0 Å². The first-order chi connectivity index (χ1) is 7.85. The average molecular weight is 238 g/mol. The highest BCUT2D eigenvalue weighted by Crippen LogP contribution is 1.99. The molecule has 0 N–H and O–H groups in total. The number of hydrogen-bond donors (Lipinski definition) is 0. The van der Waals surface area contributed by atoms with Crippen molar-refractivity contribution in [2.24, 2.45) is 0 Å². The lowest BCUT2D eigenvalue weighted by molar-refractivity contribution is -0.348. The number of rotatable bonds is 12. The van der Waals surface area contributed by atoms with Crippen molar-refractivity contribution in [1.82, 2.24) is 0 Å². The number of ether oxygens (including phenoxy) is 6. The fourth-order valence-electron chi connectivity index (χ4n) is 0.705. The summed E-state index contributed by atoms with van der Waals surface area (Å²) in [5.41, 5.74) is 0. The highest BCUT2D eigenvalue weighted by Gasteiger charge is 2.09. The third-order valence-corrected chi connectivity index (χ3v) is 1.47. The monoisotopic (exact) mass is 238 g/mol. The molecule has 0 fully saturated rings. The maximum atomic E-state index is 5.15. The number of hydrogen-bond acceptors (Lipinski definition) is 6. The molecule has 0 aliphatic rings. The second-order valence-corrected chi connectivity index (χ2v) is 2.62. The predicted octanol–water partition coefficient (Wildman–Crippen LogP) is 1.30. The van der Waals surface area contributed by atoms with E-state index in [0.717, 1.165) is 0 Å². The fraction of sp³-hybridized carbons (Fsp3) is 1.00. The summed E-state index contributed by atoms with van der Waals surface area (Å²) in [6, 6.07) is 0. The van der Waals surface area contributed by atoms with Gasteiger partial charge in [0.2, 0.25) is 0 Å². The average Bonchev–Trinajstić information content (AvgIpc) is 2.29. The first kappa shape index (κ1) is 15.8. The molecule has 0 aromatic carbocycles. The van der Waals surface area contributed by atoms with E-state index in [1.54, 1.807) is 0 Å². The van der Waals surface area contributed by atoms with Crippen LogP contribution < -0.4 is 0 Å². The summed E-state index contributed by atoms with van der Waals surface area (Å²) in [5, 5.41) is 0. The standard InChI is InChI=1S/C10H22O6/c1-4-11-7-14-10(15-8-12-5-2)16-9-13-6-3/h10H,4-9H2,1-3H3. The normalized spacial score (nSPS) is 11.2. The van der Waals surface area contributed by atoms with Crippen LogP contribution in [0, 0.1) is 0 Å². The summed E-state index contributed by atoms with van der Waals surface area (Å²) in [6.45, 7) is 6.85. The van der Waals surface area contributed by atoms with E-state index in [-0.39, 0.29) is 20.4 Å². The van der Waals surface area contributed by atoms with E-state index in [2.05, 4.69) is 0 Å². The van der Waals surface area contributed by atoms with Crippen LogP contribution in [0.15, 0.2) is 0 Å². The topological polar surface area (TPSA) is 55.4 Å². The van der Waals surface area contributed by atoms with Gasteiger partial charge in [-0.05, 0) is 20.8 Å². The van der Waals surface area contributed by atoms with Crippen molar-refractivity contribution in [2.45, 2.75) is 27.2 Å². The van der Waals surface area contributed by atoms with E-state index in [9.17, 15) is 0 Å². The molecule has 0 spiro atoms. The molecule has 16 heavy (non-hydrogen) atoms. The second-order valence-electron chi connectivity index (χ2n) is 2.62. The van der Waals surface area contributed by atoms with Gasteiger partial charge in [-0.1, -0.05) is 0 Å². The van der Waals surface area contributed by atoms with Crippen molar-refractivity contribution in [3.8, 4) is 0 Å². The van der Waals surface area contributed by atoms with Crippen LogP contribution in [0.2, 0.25) is 0 Å². The van der Waals surface area contributed by atoms with Crippen molar-refractivity contribution in [2.75, 3.05) is 40.2 Å². The zero-order chi connectivity index (χ0) is 12.1. The van der Waals surface area contributed by atoms with Crippen molar-refractivity contribution < 1.29 is 28.4 Å². The molecule has 0 amide bonds. The Labute approximate surface area is 96.7 Å². The molecule has 0 atom stereocenters. The largest absolute Gasteiger partial charge is 0.355 e. The first-order valence-corrected chi connectivity index (χ1v) is 5.43. The summed E-state index contributed by atoms with van der Waals surface area (Å²) in [7, 11) is 0. The molecule has 0 rings (SSSR count). The van der Waals surface area contributed by atoms with Crippen LogP contribution in [0.1, 0.15) is 20.8 Å². The minimum Gasteiger partial charge on any atom is -0.355 e. The lowest BCUT2D eigenvalue weighted by Crippen LogP contribution is -2.25. The Bertz CT molecular complexity index is 109. The Morgan fingerprint density at radius 1 is 0.625 bits per heavy atom. The molecule has 0 heterocycles. The summed E-state index contributed by atoms with van der Waals surface area (Å²) in [4.78, 5) is 0. The second kappa shape index (κ2) is 12.8. The highest BCUT2D eigenvalue weighted by molar-refractivity contribution is 4.21. The van der Waals surface area contributed by atoms with E-state index in [4.69, 9.17) is 28.4 Å². The molecule has 0 saturated carbocycles. The Morgan fingerprint density at radius 2 is 0.938 bits per heavy atom. The van der Waals surface area contributed by atoms with E-state index in [0.29, 0.717) is 19.8 Å². The van der Waals surface area contributed by atoms with Gasteiger partial charge in [-0.2, -0.15) is 0 Å². The molecule has 0 aromatic rings. The van der Waals surface area contributed by atoms with Crippen LogP contribution in [0.3, 0.4) is 0 Å². The molecule has 6 nitrogen and oxygen atoms in total. The third-order valence-electron chi connectivity index (χ3n) is 1.47. The van der Waals surface area contributed by atoms with Crippen molar-refractivity contribution in [1.29, 1.82) is 0 Å². The van der Waals surface area contributed by atoms with Crippen molar-refractivity contribution in [3.63, 3.8) is 0 Å². The summed E-state index contributed by atoms with van der Waals surface area (Å²) in [5.74, 6) is 0. The molecule has 0 aliphatic heterocycles. The molecule has 0 radical (unpaired) electrons. The van der Waals surface area contributed by atoms with Crippen molar-refractivity contribution >= 4 is 0 Å². The Kier molecular flexibility index (Phi) is 12.6. The Balaban J connectivity index is 3.58. The van der Waals surface area contributed by atoms with Gasteiger partial charge in [0.05, 0.1) is 0 Å². The molecule has 6 heteroatoms. The molecular weight excluding hydrogens is 216 g/mol. The predicted molar refractivity (Wildman–Crippen MR) is 56.5 cm³/mol. The summed E-state index contributed by atoms with van der Waals surface area (Å²) >= 11 is 0. The van der Waals surface area contributed by atoms with Crippen LogP contribution in [-0.2, 0) is 28.4 Å². The maximum Gasteiger partial charge on any atom is 0.277 e. The maximum absolute atomic E-state index is 5.15. The van der Waals surface area contributed by atoms with Crippen LogP contribution in [0.25, 0.3) is 0 Å². The van der Waals surface area contributed by atoms with Gasteiger partial charge in [0.25, 0.3) is 6.48 Å².